The lowest BCUT2D eigenvalue weighted by atomic mass is 10.1. The molecule has 0 bridgehead atoms. The molecule has 23 heavy (non-hydrogen) atoms. The van der Waals surface area contributed by atoms with Gasteiger partial charge in [-0.2, -0.15) is 0 Å². The number of hydrogen-bond donors (Lipinski definition) is 0. The molecule has 0 unspecified atom stereocenters. The van der Waals surface area contributed by atoms with Crippen LogP contribution >= 0.6 is 0 Å². The SMILES string of the molecule is Cc1c(CN2CCN(c3ccccn3)CC2)cccc1[N+](=O)[O-]. The summed E-state index contributed by atoms with van der Waals surface area (Å²) < 4.78 is 0. The van der Waals surface area contributed by atoms with Gasteiger partial charge in [0.1, 0.15) is 5.82 Å². The van der Waals surface area contributed by atoms with Crippen molar-refractivity contribution in [3.8, 4) is 0 Å². The molecular weight excluding hydrogens is 292 g/mol. The van der Waals surface area contributed by atoms with Gasteiger partial charge in [-0.15, -0.1) is 0 Å². The summed E-state index contributed by atoms with van der Waals surface area (Å²) in [4.78, 5) is 19.7. The zero-order valence-corrected chi connectivity index (χ0v) is 13.2. The summed E-state index contributed by atoms with van der Waals surface area (Å²) in [6, 6.07) is 11.3. The quantitative estimate of drug-likeness (QED) is 0.641. The molecule has 1 aliphatic rings. The van der Waals surface area contributed by atoms with Crippen molar-refractivity contribution in [3.63, 3.8) is 0 Å². The molecule has 1 saturated heterocycles. The molecule has 6 nitrogen and oxygen atoms in total. The first-order chi connectivity index (χ1) is 11.1. The van der Waals surface area contributed by atoms with Gasteiger partial charge in [-0.3, -0.25) is 15.0 Å². The van der Waals surface area contributed by atoms with Crippen LogP contribution in [-0.2, 0) is 6.54 Å². The van der Waals surface area contributed by atoms with Crippen LogP contribution in [-0.4, -0.2) is 41.0 Å². The summed E-state index contributed by atoms with van der Waals surface area (Å²) in [7, 11) is 0. The zero-order valence-electron chi connectivity index (χ0n) is 13.2. The smallest absolute Gasteiger partial charge is 0.272 e. The van der Waals surface area contributed by atoms with Gasteiger partial charge in [0, 0.05) is 50.6 Å². The second kappa shape index (κ2) is 6.75. The standard InChI is InChI=1S/C17H20N4O2/c1-14-15(5-4-6-16(14)21(22)23)13-19-9-11-20(12-10-19)17-7-2-3-8-18-17/h2-8H,9-13H2,1H3. The lowest BCUT2D eigenvalue weighted by Crippen LogP contribution is -2.46. The third-order valence-electron chi connectivity index (χ3n) is 4.35. The van der Waals surface area contributed by atoms with Crippen LogP contribution in [0.1, 0.15) is 11.1 Å². The number of nitro groups is 1. The second-order valence-electron chi connectivity index (χ2n) is 5.77. The predicted molar refractivity (Wildman–Crippen MR) is 89.6 cm³/mol. The third-order valence-corrected chi connectivity index (χ3v) is 4.35. The largest absolute Gasteiger partial charge is 0.354 e. The van der Waals surface area contributed by atoms with Gasteiger partial charge in [0.05, 0.1) is 4.92 Å². The first-order valence-electron chi connectivity index (χ1n) is 7.76. The van der Waals surface area contributed by atoms with Gasteiger partial charge in [-0.25, -0.2) is 4.98 Å². The van der Waals surface area contributed by atoms with Crippen LogP contribution in [0, 0.1) is 17.0 Å². The van der Waals surface area contributed by atoms with E-state index in [9.17, 15) is 10.1 Å². The highest BCUT2D eigenvalue weighted by Gasteiger charge is 2.20. The van der Waals surface area contributed by atoms with Gasteiger partial charge in [-0.05, 0) is 24.6 Å². The molecule has 1 aromatic heterocycles. The van der Waals surface area contributed by atoms with Crippen LogP contribution in [0.25, 0.3) is 0 Å². The Labute approximate surface area is 135 Å². The minimum absolute atomic E-state index is 0.203. The molecule has 0 amide bonds. The highest BCUT2D eigenvalue weighted by atomic mass is 16.6. The molecule has 120 valence electrons. The number of piperazine rings is 1. The Morgan fingerprint density at radius 3 is 2.57 bits per heavy atom. The first-order valence-corrected chi connectivity index (χ1v) is 7.76. The molecule has 1 aliphatic heterocycles. The fourth-order valence-electron chi connectivity index (χ4n) is 2.96. The number of rotatable bonds is 4. The molecule has 0 radical (unpaired) electrons. The average molecular weight is 312 g/mol. The van der Waals surface area contributed by atoms with Gasteiger partial charge in [0.15, 0.2) is 0 Å². The number of pyridine rings is 1. The monoisotopic (exact) mass is 312 g/mol. The minimum Gasteiger partial charge on any atom is -0.354 e. The average Bonchev–Trinajstić information content (AvgIpc) is 2.58. The summed E-state index contributed by atoms with van der Waals surface area (Å²) in [5.41, 5.74) is 2.00. The maximum atomic E-state index is 11.0. The lowest BCUT2D eigenvalue weighted by molar-refractivity contribution is -0.385. The molecule has 1 aromatic carbocycles. The number of hydrogen-bond acceptors (Lipinski definition) is 5. The van der Waals surface area contributed by atoms with Crippen LogP contribution in [0.4, 0.5) is 11.5 Å². The number of nitrogens with zero attached hydrogens (tertiary/aromatic N) is 4. The van der Waals surface area contributed by atoms with Crippen molar-refractivity contribution in [1.82, 2.24) is 9.88 Å². The van der Waals surface area contributed by atoms with Gasteiger partial charge >= 0.3 is 0 Å². The molecule has 2 heterocycles. The van der Waals surface area contributed by atoms with E-state index in [-0.39, 0.29) is 10.6 Å². The summed E-state index contributed by atoms with van der Waals surface area (Å²) in [6.45, 7) is 6.29. The van der Waals surface area contributed by atoms with Crippen molar-refractivity contribution < 1.29 is 4.92 Å². The number of anilines is 1. The Bertz CT molecular complexity index is 682. The fraction of sp³-hybridized carbons (Fsp3) is 0.353. The fourth-order valence-corrected chi connectivity index (χ4v) is 2.96. The minimum atomic E-state index is -0.308. The number of aromatic nitrogens is 1. The van der Waals surface area contributed by atoms with Crippen LogP contribution in [0.2, 0.25) is 0 Å². The van der Waals surface area contributed by atoms with E-state index in [1.807, 2.05) is 37.4 Å². The predicted octanol–water partition coefficient (Wildman–Crippen LogP) is 2.62. The van der Waals surface area contributed by atoms with E-state index in [1.165, 1.54) is 0 Å². The maximum absolute atomic E-state index is 11.0. The van der Waals surface area contributed by atoms with Crippen LogP contribution in [0.3, 0.4) is 0 Å². The van der Waals surface area contributed by atoms with Crippen LogP contribution < -0.4 is 4.90 Å². The van der Waals surface area contributed by atoms with Crippen molar-refractivity contribution >= 4 is 11.5 Å². The van der Waals surface area contributed by atoms with Crippen molar-refractivity contribution in [1.29, 1.82) is 0 Å². The molecule has 0 N–H and O–H groups in total. The van der Waals surface area contributed by atoms with Gasteiger partial charge < -0.3 is 4.90 Å². The molecule has 0 saturated carbocycles. The lowest BCUT2D eigenvalue weighted by Gasteiger charge is -2.35. The van der Waals surface area contributed by atoms with E-state index in [0.29, 0.717) is 0 Å². The zero-order chi connectivity index (χ0) is 16.2. The highest BCUT2D eigenvalue weighted by Crippen LogP contribution is 2.23. The summed E-state index contributed by atoms with van der Waals surface area (Å²) >= 11 is 0. The highest BCUT2D eigenvalue weighted by molar-refractivity contribution is 5.44. The molecule has 0 atom stereocenters. The third kappa shape index (κ3) is 3.48. The summed E-state index contributed by atoms with van der Waals surface area (Å²) in [6.07, 6.45) is 1.81. The summed E-state index contributed by atoms with van der Waals surface area (Å²) in [5.74, 6) is 1.01. The van der Waals surface area contributed by atoms with E-state index in [4.69, 9.17) is 0 Å². The van der Waals surface area contributed by atoms with E-state index in [1.54, 1.807) is 12.1 Å². The van der Waals surface area contributed by atoms with E-state index >= 15 is 0 Å². The molecule has 6 heteroatoms. The van der Waals surface area contributed by atoms with E-state index in [0.717, 1.165) is 49.7 Å². The van der Waals surface area contributed by atoms with E-state index < -0.39 is 0 Å². The normalized spacial score (nSPS) is 15.6. The van der Waals surface area contributed by atoms with Crippen molar-refractivity contribution in [2.24, 2.45) is 0 Å². The molecule has 0 aliphatic carbocycles. The molecule has 3 rings (SSSR count). The molecule has 0 spiro atoms. The molecular formula is C17H20N4O2. The Morgan fingerprint density at radius 1 is 1.13 bits per heavy atom. The van der Waals surface area contributed by atoms with Gasteiger partial charge in [0.2, 0.25) is 0 Å². The Kier molecular flexibility index (Phi) is 4.52. The molecule has 2 aromatic rings. The Morgan fingerprint density at radius 2 is 1.91 bits per heavy atom. The van der Waals surface area contributed by atoms with Crippen molar-refractivity contribution in [2.75, 3.05) is 31.1 Å². The van der Waals surface area contributed by atoms with Crippen LogP contribution in [0.5, 0.6) is 0 Å². The van der Waals surface area contributed by atoms with Crippen molar-refractivity contribution in [3.05, 3.63) is 63.8 Å². The topological polar surface area (TPSA) is 62.5 Å². The second-order valence-corrected chi connectivity index (χ2v) is 5.77. The van der Waals surface area contributed by atoms with Crippen LogP contribution in [0.15, 0.2) is 42.6 Å². The maximum Gasteiger partial charge on any atom is 0.272 e. The first kappa shape index (κ1) is 15.4. The number of nitro benzene ring substituents is 1. The van der Waals surface area contributed by atoms with Crippen molar-refractivity contribution in [2.45, 2.75) is 13.5 Å². The molecule has 1 fully saturated rings. The number of benzene rings is 1. The van der Waals surface area contributed by atoms with E-state index in [2.05, 4.69) is 14.8 Å². The Hall–Kier alpha value is -2.47. The Balaban J connectivity index is 1.63. The van der Waals surface area contributed by atoms with Gasteiger partial charge in [-0.1, -0.05) is 18.2 Å². The van der Waals surface area contributed by atoms with Gasteiger partial charge in [0.25, 0.3) is 5.69 Å². The summed E-state index contributed by atoms with van der Waals surface area (Å²) in [5, 5.41) is 11.0.